The van der Waals surface area contributed by atoms with Gasteiger partial charge in [-0.05, 0) is 64.2 Å². The first-order chi connectivity index (χ1) is 37.0. The van der Waals surface area contributed by atoms with E-state index in [4.69, 9.17) is 4.74 Å². The van der Waals surface area contributed by atoms with Crippen molar-refractivity contribution in [1.82, 2.24) is 5.32 Å². The van der Waals surface area contributed by atoms with Gasteiger partial charge in [-0.1, -0.05) is 326 Å². The summed E-state index contributed by atoms with van der Waals surface area (Å²) in [5, 5.41) is 23.2. The fourth-order valence-electron chi connectivity index (χ4n) is 10.5. The number of unbranched alkanes of at least 4 members (excludes halogenated alkanes) is 48. The van der Waals surface area contributed by atoms with Crippen LogP contribution in [0.1, 0.15) is 367 Å². The van der Waals surface area contributed by atoms with E-state index in [1.165, 1.54) is 289 Å². The Kier molecular flexibility index (Phi) is 63.0. The van der Waals surface area contributed by atoms with Crippen molar-refractivity contribution in [2.75, 3.05) is 13.2 Å². The molecule has 3 N–H and O–H groups in total. The van der Waals surface area contributed by atoms with Gasteiger partial charge >= 0.3 is 5.97 Å². The van der Waals surface area contributed by atoms with E-state index in [0.717, 1.165) is 51.4 Å². The zero-order valence-corrected chi connectivity index (χ0v) is 50.5. The zero-order valence-electron chi connectivity index (χ0n) is 50.5. The normalized spacial score (nSPS) is 12.7. The molecule has 442 valence electrons. The molecule has 0 spiro atoms. The van der Waals surface area contributed by atoms with Gasteiger partial charge in [0.25, 0.3) is 0 Å². The summed E-state index contributed by atoms with van der Waals surface area (Å²) in [5.41, 5.74) is 0. The Morgan fingerprint density at radius 2 is 0.667 bits per heavy atom. The number of allylic oxidation sites excluding steroid dienone is 5. The Morgan fingerprint density at radius 1 is 0.373 bits per heavy atom. The maximum absolute atomic E-state index is 12.5. The van der Waals surface area contributed by atoms with Crippen LogP contribution in [0.15, 0.2) is 36.5 Å². The van der Waals surface area contributed by atoms with Crippen molar-refractivity contribution in [2.45, 2.75) is 379 Å². The van der Waals surface area contributed by atoms with Crippen LogP contribution in [0.5, 0.6) is 0 Å². The number of carbonyl (C=O) groups excluding carboxylic acids is 2. The molecule has 0 aliphatic heterocycles. The van der Waals surface area contributed by atoms with Gasteiger partial charge in [0, 0.05) is 12.8 Å². The highest BCUT2D eigenvalue weighted by atomic mass is 16.5. The van der Waals surface area contributed by atoms with Gasteiger partial charge in [0.1, 0.15) is 0 Å². The van der Waals surface area contributed by atoms with E-state index in [0.29, 0.717) is 19.4 Å². The van der Waals surface area contributed by atoms with Gasteiger partial charge in [0.15, 0.2) is 0 Å². The molecule has 0 aromatic rings. The average Bonchev–Trinajstić information content (AvgIpc) is 3.41. The number of hydrogen-bond acceptors (Lipinski definition) is 5. The minimum Gasteiger partial charge on any atom is -0.466 e. The average molecular weight is 1050 g/mol. The number of hydrogen-bond donors (Lipinski definition) is 3. The highest BCUT2D eigenvalue weighted by Crippen LogP contribution is 2.18. The van der Waals surface area contributed by atoms with Gasteiger partial charge < -0.3 is 20.3 Å². The highest BCUT2D eigenvalue weighted by molar-refractivity contribution is 5.76. The number of esters is 1. The SMILES string of the molecule is CCCCCC/C=C\C/C=C\CCCCCCCC(=O)OCCCCCCCCCCCCCCCCCCCCCCCCC(=O)NC(CO)C(O)/C=C/CCCCCCCCCCCCCCCCCCCC. The molecular weight excluding hydrogens is 923 g/mol. The quantitative estimate of drug-likeness (QED) is 0.0320. The molecule has 2 unspecified atom stereocenters. The molecule has 6 heteroatoms. The summed E-state index contributed by atoms with van der Waals surface area (Å²) in [6.07, 6.45) is 82.0. The van der Waals surface area contributed by atoms with E-state index < -0.39 is 12.1 Å². The molecule has 0 radical (unpaired) electrons. The fourth-order valence-corrected chi connectivity index (χ4v) is 10.5. The molecule has 0 aromatic heterocycles. The van der Waals surface area contributed by atoms with E-state index >= 15 is 0 Å². The number of ether oxygens (including phenoxy) is 1. The largest absolute Gasteiger partial charge is 0.466 e. The molecule has 0 aromatic carbocycles. The van der Waals surface area contributed by atoms with Crippen LogP contribution in [0.2, 0.25) is 0 Å². The number of rotatable bonds is 63. The maximum atomic E-state index is 12.5. The second-order valence-corrected chi connectivity index (χ2v) is 23.2. The number of nitrogens with one attached hydrogen (secondary N) is 1. The number of amides is 1. The third kappa shape index (κ3) is 61.2. The Morgan fingerprint density at radius 3 is 1.03 bits per heavy atom. The second kappa shape index (κ2) is 64.6. The first-order valence-electron chi connectivity index (χ1n) is 33.8. The Balaban J connectivity index is 3.41. The molecule has 0 bridgehead atoms. The lowest BCUT2D eigenvalue weighted by atomic mass is 10.0. The van der Waals surface area contributed by atoms with Crippen molar-refractivity contribution >= 4 is 11.9 Å². The molecule has 0 heterocycles. The minimum absolute atomic E-state index is 0.000347. The minimum atomic E-state index is -0.846. The lowest BCUT2D eigenvalue weighted by Crippen LogP contribution is -2.45. The Hall–Kier alpha value is -1.92. The molecular formula is C69H131NO5. The van der Waals surface area contributed by atoms with E-state index in [2.05, 4.69) is 43.5 Å². The summed E-state index contributed by atoms with van der Waals surface area (Å²) in [6, 6.07) is -0.629. The second-order valence-electron chi connectivity index (χ2n) is 23.2. The summed E-state index contributed by atoms with van der Waals surface area (Å²) < 4.78 is 5.49. The van der Waals surface area contributed by atoms with Crippen LogP contribution in [-0.2, 0) is 14.3 Å². The zero-order chi connectivity index (χ0) is 54.3. The molecule has 2 atom stereocenters. The van der Waals surface area contributed by atoms with E-state index in [1.54, 1.807) is 6.08 Å². The molecule has 0 rings (SSSR count). The molecule has 6 nitrogen and oxygen atoms in total. The molecule has 75 heavy (non-hydrogen) atoms. The lowest BCUT2D eigenvalue weighted by Gasteiger charge is -2.20. The fraction of sp³-hybridized carbons (Fsp3) is 0.884. The summed E-state index contributed by atoms with van der Waals surface area (Å²) in [4.78, 5) is 24.6. The van der Waals surface area contributed by atoms with E-state index in [1.807, 2.05) is 6.08 Å². The smallest absolute Gasteiger partial charge is 0.305 e. The highest BCUT2D eigenvalue weighted by Gasteiger charge is 2.18. The first kappa shape index (κ1) is 73.1. The molecule has 0 aliphatic rings. The van der Waals surface area contributed by atoms with Crippen molar-refractivity contribution in [1.29, 1.82) is 0 Å². The van der Waals surface area contributed by atoms with Crippen molar-refractivity contribution in [3.63, 3.8) is 0 Å². The third-order valence-electron chi connectivity index (χ3n) is 15.7. The first-order valence-corrected chi connectivity index (χ1v) is 33.8. The lowest BCUT2D eigenvalue weighted by molar-refractivity contribution is -0.143. The van der Waals surface area contributed by atoms with Gasteiger partial charge in [-0.25, -0.2) is 0 Å². The summed E-state index contributed by atoms with van der Waals surface area (Å²) in [7, 11) is 0. The van der Waals surface area contributed by atoms with Crippen LogP contribution in [0.25, 0.3) is 0 Å². The van der Waals surface area contributed by atoms with Crippen molar-refractivity contribution in [3.05, 3.63) is 36.5 Å². The van der Waals surface area contributed by atoms with Crippen molar-refractivity contribution in [2.24, 2.45) is 0 Å². The Bertz CT molecular complexity index is 1210. The van der Waals surface area contributed by atoms with Crippen LogP contribution in [0, 0.1) is 0 Å². The topological polar surface area (TPSA) is 95.9 Å². The van der Waals surface area contributed by atoms with Gasteiger partial charge in [0.05, 0.1) is 25.4 Å². The van der Waals surface area contributed by atoms with Crippen LogP contribution in [0.3, 0.4) is 0 Å². The van der Waals surface area contributed by atoms with Gasteiger partial charge in [-0.3, -0.25) is 9.59 Å². The molecule has 0 fully saturated rings. The summed E-state index contributed by atoms with van der Waals surface area (Å²) in [5.74, 6) is -0.0656. The standard InChI is InChI=1S/C69H131NO5/c1-3-5-7-9-11-13-15-17-19-21-22-27-30-33-37-41-45-49-53-57-61-67(72)66(65-71)70-68(73)62-58-54-50-46-42-38-34-31-28-25-23-24-26-29-32-36-40-44-48-52-56-60-64-75-69(74)63-59-55-51-47-43-39-35-20-18-16-14-12-10-8-6-4-2/h14,16,20,35,57,61,66-67,71-72H,3-13,15,17-19,21-34,36-56,58-60,62-65H2,1-2H3,(H,70,73)/b16-14-,35-20-,61-57+. The monoisotopic (exact) mass is 1050 g/mol. The van der Waals surface area contributed by atoms with Crippen molar-refractivity contribution < 1.29 is 24.5 Å². The predicted octanol–water partition coefficient (Wildman–Crippen LogP) is 21.5. The summed E-state index contributed by atoms with van der Waals surface area (Å²) in [6.45, 7) is 4.91. The van der Waals surface area contributed by atoms with E-state index in [9.17, 15) is 19.8 Å². The summed E-state index contributed by atoms with van der Waals surface area (Å²) >= 11 is 0. The van der Waals surface area contributed by atoms with Gasteiger partial charge in [0.2, 0.25) is 5.91 Å². The van der Waals surface area contributed by atoms with Crippen LogP contribution in [0.4, 0.5) is 0 Å². The Labute approximate surface area is 468 Å². The molecule has 0 saturated heterocycles. The van der Waals surface area contributed by atoms with E-state index in [-0.39, 0.29) is 18.5 Å². The maximum Gasteiger partial charge on any atom is 0.305 e. The van der Waals surface area contributed by atoms with Crippen LogP contribution < -0.4 is 5.32 Å². The third-order valence-corrected chi connectivity index (χ3v) is 15.7. The molecule has 0 saturated carbocycles. The van der Waals surface area contributed by atoms with Crippen LogP contribution in [-0.4, -0.2) is 47.4 Å². The van der Waals surface area contributed by atoms with Crippen molar-refractivity contribution in [3.8, 4) is 0 Å². The van der Waals surface area contributed by atoms with Crippen LogP contribution >= 0.6 is 0 Å². The number of aliphatic hydroxyl groups is 2. The number of aliphatic hydroxyl groups excluding tert-OH is 2. The predicted molar refractivity (Wildman–Crippen MR) is 329 cm³/mol. The number of carbonyl (C=O) groups is 2. The molecule has 0 aliphatic carbocycles. The molecule has 1 amide bonds. The van der Waals surface area contributed by atoms with Gasteiger partial charge in [-0.15, -0.1) is 0 Å². The van der Waals surface area contributed by atoms with Gasteiger partial charge in [-0.2, -0.15) is 0 Å².